The van der Waals surface area contributed by atoms with Gasteiger partial charge in [-0.2, -0.15) is 0 Å². The lowest BCUT2D eigenvalue weighted by molar-refractivity contribution is 0.0206. The third-order valence-corrected chi connectivity index (χ3v) is 3.65. The smallest absolute Gasteiger partial charge is 0.410 e. The Morgan fingerprint density at radius 2 is 2.00 bits per heavy atom. The van der Waals surface area contributed by atoms with Crippen LogP contribution in [0.1, 0.15) is 40.0 Å². The second kappa shape index (κ2) is 11.7. The lowest BCUT2D eigenvalue weighted by atomic mass is 9.86. The van der Waals surface area contributed by atoms with Gasteiger partial charge in [-0.1, -0.05) is 6.42 Å². The molecule has 1 amide bonds. The summed E-state index contributed by atoms with van der Waals surface area (Å²) in [7, 11) is 1.61. The normalized spacial score (nSPS) is 15.2. The standard InChI is InChI=1S/C16H32N4O3.HI/c1-16(2,3)23-15(21)20(10-11-22-4)9-8-18-14(17)19-12-13-6-5-7-13;/h13H,5-12H2,1-4H3,(H3,17,18,19);1H. The fourth-order valence-corrected chi connectivity index (χ4v) is 2.10. The minimum absolute atomic E-state index is 0. The third-order valence-electron chi connectivity index (χ3n) is 3.65. The number of nitrogens with two attached hydrogens (primary N) is 1. The van der Waals surface area contributed by atoms with Crippen LogP contribution in [0.2, 0.25) is 0 Å². The monoisotopic (exact) mass is 456 g/mol. The Balaban J connectivity index is 0.00000529. The molecule has 8 heteroatoms. The molecule has 0 aromatic carbocycles. The molecule has 1 fully saturated rings. The van der Waals surface area contributed by atoms with Gasteiger partial charge in [-0.25, -0.2) is 4.79 Å². The first-order valence-electron chi connectivity index (χ1n) is 8.32. The average molecular weight is 456 g/mol. The van der Waals surface area contributed by atoms with Crippen molar-refractivity contribution < 1.29 is 14.3 Å². The average Bonchev–Trinajstić information content (AvgIpc) is 2.38. The van der Waals surface area contributed by atoms with Crippen LogP contribution in [0.3, 0.4) is 0 Å². The van der Waals surface area contributed by atoms with Crippen LogP contribution in [0.5, 0.6) is 0 Å². The molecular formula is C16H33IN4O3. The number of carbonyl (C=O) groups is 1. The highest BCUT2D eigenvalue weighted by atomic mass is 127. The quantitative estimate of drug-likeness (QED) is 0.332. The topological polar surface area (TPSA) is 89.2 Å². The fraction of sp³-hybridized carbons (Fsp3) is 0.875. The van der Waals surface area contributed by atoms with Crippen molar-refractivity contribution in [3.63, 3.8) is 0 Å². The third kappa shape index (κ3) is 10.2. The SMILES string of the molecule is COCCN(CCNC(N)=NCC1CCC1)C(=O)OC(C)(C)C.I. The largest absolute Gasteiger partial charge is 0.444 e. The van der Waals surface area contributed by atoms with Gasteiger partial charge in [0.15, 0.2) is 5.96 Å². The number of ether oxygens (including phenoxy) is 2. The first kappa shape index (κ1) is 23.2. The minimum atomic E-state index is -0.515. The number of halogens is 1. The van der Waals surface area contributed by atoms with Gasteiger partial charge in [0.05, 0.1) is 6.61 Å². The maximum atomic E-state index is 12.2. The number of hydrogen-bond acceptors (Lipinski definition) is 4. The summed E-state index contributed by atoms with van der Waals surface area (Å²) < 4.78 is 10.4. The van der Waals surface area contributed by atoms with E-state index in [4.69, 9.17) is 15.2 Å². The lowest BCUT2D eigenvalue weighted by Gasteiger charge is -2.27. The Kier molecular flexibility index (Phi) is 11.4. The number of aliphatic imine (C=N–C) groups is 1. The number of guanidine groups is 1. The number of amides is 1. The molecule has 0 bridgehead atoms. The van der Waals surface area contributed by atoms with Gasteiger partial charge in [0.1, 0.15) is 5.60 Å². The molecule has 142 valence electrons. The van der Waals surface area contributed by atoms with E-state index < -0.39 is 5.60 Å². The molecule has 1 rings (SSSR count). The highest BCUT2D eigenvalue weighted by Crippen LogP contribution is 2.26. The molecule has 3 N–H and O–H groups in total. The highest BCUT2D eigenvalue weighted by molar-refractivity contribution is 14.0. The van der Waals surface area contributed by atoms with E-state index in [1.54, 1.807) is 12.0 Å². The van der Waals surface area contributed by atoms with Gasteiger partial charge >= 0.3 is 6.09 Å². The molecule has 0 atom stereocenters. The van der Waals surface area contributed by atoms with Crippen molar-refractivity contribution in [1.82, 2.24) is 10.2 Å². The lowest BCUT2D eigenvalue weighted by Crippen LogP contribution is -2.44. The van der Waals surface area contributed by atoms with Crippen LogP contribution in [0.25, 0.3) is 0 Å². The molecule has 1 aliphatic rings. The van der Waals surface area contributed by atoms with E-state index in [-0.39, 0.29) is 30.1 Å². The number of methoxy groups -OCH3 is 1. The van der Waals surface area contributed by atoms with Gasteiger partial charge in [-0.15, -0.1) is 24.0 Å². The first-order valence-corrected chi connectivity index (χ1v) is 8.32. The van der Waals surface area contributed by atoms with Gasteiger partial charge in [-0.05, 0) is 39.5 Å². The Labute approximate surface area is 162 Å². The second-order valence-corrected chi connectivity index (χ2v) is 6.91. The molecule has 0 spiro atoms. The molecule has 7 nitrogen and oxygen atoms in total. The molecule has 1 saturated carbocycles. The molecule has 0 heterocycles. The van der Waals surface area contributed by atoms with E-state index in [0.29, 0.717) is 38.1 Å². The molecule has 0 aromatic heterocycles. The summed E-state index contributed by atoms with van der Waals surface area (Å²) in [5.74, 6) is 1.13. The number of nitrogens with one attached hydrogen (secondary N) is 1. The first-order chi connectivity index (χ1) is 10.8. The molecule has 0 saturated heterocycles. The predicted molar refractivity (Wildman–Crippen MR) is 107 cm³/mol. The van der Waals surface area contributed by atoms with Gasteiger partial charge in [0.2, 0.25) is 0 Å². The van der Waals surface area contributed by atoms with Crippen LogP contribution in [-0.4, -0.2) is 62.4 Å². The summed E-state index contributed by atoms with van der Waals surface area (Å²) in [6.45, 7) is 8.30. The van der Waals surface area contributed by atoms with E-state index >= 15 is 0 Å². The Bertz CT molecular complexity index is 395. The van der Waals surface area contributed by atoms with Crippen LogP contribution < -0.4 is 11.1 Å². The van der Waals surface area contributed by atoms with Gasteiger partial charge in [0, 0.05) is 33.3 Å². The van der Waals surface area contributed by atoms with Crippen molar-refractivity contribution in [3.8, 4) is 0 Å². The summed E-state index contributed by atoms with van der Waals surface area (Å²) in [4.78, 5) is 18.1. The van der Waals surface area contributed by atoms with E-state index in [9.17, 15) is 4.79 Å². The van der Waals surface area contributed by atoms with E-state index in [1.165, 1.54) is 19.3 Å². The van der Waals surface area contributed by atoms with E-state index in [1.807, 2.05) is 20.8 Å². The van der Waals surface area contributed by atoms with Crippen LogP contribution in [0, 0.1) is 5.92 Å². The van der Waals surface area contributed by atoms with Crippen molar-refractivity contribution in [2.75, 3.05) is 39.9 Å². The minimum Gasteiger partial charge on any atom is -0.444 e. The zero-order valence-corrected chi connectivity index (χ0v) is 17.7. The molecule has 1 aliphatic carbocycles. The molecule has 0 unspecified atom stereocenters. The highest BCUT2D eigenvalue weighted by Gasteiger charge is 2.21. The summed E-state index contributed by atoms with van der Waals surface area (Å²) in [5.41, 5.74) is 5.33. The van der Waals surface area contributed by atoms with Gasteiger partial charge in [0.25, 0.3) is 0 Å². The van der Waals surface area contributed by atoms with Gasteiger partial charge in [-0.3, -0.25) is 4.99 Å². The maximum absolute atomic E-state index is 12.2. The van der Waals surface area contributed by atoms with Gasteiger partial charge < -0.3 is 25.4 Å². The summed E-state index contributed by atoms with van der Waals surface area (Å²) in [6.07, 6.45) is 3.46. The maximum Gasteiger partial charge on any atom is 0.410 e. The molecule has 0 aromatic rings. The van der Waals surface area contributed by atoms with E-state index in [0.717, 1.165) is 6.54 Å². The Morgan fingerprint density at radius 1 is 1.33 bits per heavy atom. The van der Waals surface area contributed by atoms with Crippen molar-refractivity contribution in [1.29, 1.82) is 0 Å². The summed E-state index contributed by atoms with van der Waals surface area (Å²) in [5, 5.41) is 3.05. The van der Waals surface area contributed by atoms with Crippen LogP contribution in [-0.2, 0) is 9.47 Å². The fourth-order valence-electron chi connectivity index (χ4n) is 2.10. The van der Waals surface area contributed by atoms with Crippen molar-refractivity contribution in [2.24, 2.45) is 16.6 Å². The molecule has 0 radical (unpaired) electrons. The van der Waals surface area contributed by atoms with Crippen LogP contribution >= 0.6 is 24.0 Å². The van der Waals surface area contributed by atoms with Crippen molar-refractivity contribution in [2.45, 2.75) is 45.6 Å². The summed E-state index contributed by atoms with van der Waals surface area (Å²) >= 11 is 0. The molecule has 0 aliphatic heterocycles. The second-order valence-electron chi connectivity index (χ2n) is 6.91. The zero-order valence-electron chi connectivity index (χ0n) is 15.3. The Morgan fingerprint density at radius 3 is 2.50 bits per heavy atom. The van der Waals surface area contributed by atoms with Crippen LogP contribution in [0.4, 0.5) is 4.79 Å². The summed E-state index contributed by atoms with van der Waals surface area (Å²) in [6, 6.07) is 0. The number of carbonyl (C=O) groups excluding carboxylic acids is 1. The van der Waals surface area contributed by atoms with Crippen molar-refractivity contribution in [3.05, 3.63) is 0 Å². The molecule has 24 heavy (non-hydrogen) atoms. The molecular weight excluding hydrogens is 423 g/mol. The predicted octanol–water partition coefficient (Wildman–Crippen LogP) is 2.19. The van der Waals surface area contributed by atoms with Crippen LogP contribution in [0.15, 0.2) is 4.99 Å². The Hall–Kier alpha value is -0.770. The van der Waals surface area contributed by atoms with Crippen molar-refractivity contribution >= 4 is 36.0 Å². The zero-order chi connectivity index (χ0) is 17.3. The number of rotatable bonds is 8. The van der Waals surface area contributed by atoms with E-state index in [2.05, 4.69) is 10.3 Å². The number of nitrogens with zero attached hydrogens (tertiary/aromatic N) is 2. The number of hydrogen-bond donors (Lipinski definition) is 2.